The quantitative estimate of drug-likeness (QED) is 0.736. The van der Waals surface area contributed by atoms with Crippen LogP contribution in [0.15, 0.2) is 17.3 Å². The van der Waals surface area contributed by atoms with E-state index in [0.29, 0.717) is 6.54 Å². The minimum Gasteiger partial charge on any atom is -0.274 e. The molecule has 0 aliphatic carbocycles. The van der Waals surface area contributed by atoms with Crippen LogP contribution in [0.25, 0.3) is 0 Å². The highest BCUT2D eigenvalue weighted by molar-refractivity contribution is 7.89. The zero-order valence-electron chi connectivity index (χ0n) is 9.81. The average molecular weight is 245 g/mol. The smallest absolute Gasteiger partial charge is 0.243 e. The number of nitrogens with zero attached hydrogens (tertiary/aromatic N) is 2. The van der Waals surface area contributed by atoms with E-state index in [1.807, 2.05) is 0 Å². The Morgan fingerprint density at radius 3 is 2.69 bits per heavy atom. The molecule has 1 rings (SSSR count). The third kappa shape index (κ3) is 3.94. The molecule has 1 aromatic rings. The first-order valence-electron chi connectivity index (χ1n) is 5.54. The van der Waals surface area contributed by atoms with Crippen molar-refractivity contribution < 1.29 is 8.42 Å². The van der Waals surface area contributed by atoms with Crippen molar-refractivity contribution in [3.8, 4) is 0 Å². The molecule has 0 radical (unpaired) electrons. The second kappa shape index (κ2) is 6.00. The van der Waals surface area contributed by atoms with Crippen LogP contribution in [0.4, 0.5) is 0 Å². The molecule has 0 aromatic carbocycles. The summed E-state index contributed by atoms with van der Waals surface area (Å²) in [5.41, 5.74) is 0. The number of nitrogens with one attached hydrogen (secondary N) is 1. The van der Waals surface area contributed by atoms with Gasteiger partial charge < -0.3 is 0 Å². The van der Waals surface area contributed by atoms with Crippen molar-refractivity contribution in [2.24, 2.45) is 7.05 Å². The molecule has 0 aliphatic rings. The number of aromatic nitrogens is 2. The van der Waals surface area contributed by atoms with Crippen LogP contribution in [-0.2, 0) is 17.1 Å². The number of hydrogen-bond donors (Lipinski definition) is 1. The molecule has 6 heteroatoms. The highest BCUT2D eigenvalue weighted by Crippen LogP contribution is 2.06. The van der Waals surface area contributed by atoms with E-state index in [-0.39, 0.29) is 4.90 Å². The minimum atomic E-state index is -3.36. The fourth-order valence-corrected chi connectivity index (χ4v) is 2.44. The Morgan fingerprint density at radius 2 is 2.12 bits per heavy atom. The van der Waals surface area contributed by atoms with Gasteiger partial charge in [0.1, 0.15) is 4.90 Å². The van der Waals surface area contributed by atoms with E-state index in [1.165, 1.54) is 17.1 Å². The number of hydrogen-bond acceptors (Lipinski definition) is 3. The molecule has 0 atom stereocenters. The maximum Gasteiger partial charge on any atom is 0.243 e. The van der Waals surface area contributed by atoms with Crippen molar-refractivity contribution in [3.05, 3.63) is 12.4 Å². The number of rotatable bonds is 7. The molecule has 0 bridgehead atoms. The Hall–Kier alpha value is -0.880. The largest absolute Gasteiger partial charge is 0.274 e. The van der Waals surface area contributed by atoms with Gasteiger partial charge in [-0.05, 0) is 6.42 Å². The summed E-state index contributed by atoms with van der Waals surface area (Å²) in [6.45, 7) is 2.62. The van der Waals surface area contributed by atoms with E-state index in [4.69, 9.17) is 0 Å². The Bertz CT molecular complexity index is 411. The van der Waals surface area contributed by atoms with Crippen LogP contribution in [-0.4, -0.2) is 24.7 Å². The van der Waals surface area contributed by atoms with Crippen LogP contribution in [0, 0.1) is 0 Å². The second-order valence-corrected chi connectivity index (χ2v) is 5.58. The molecule has 0 fully saturated rings. The Kier molecular flexibility index (Phi) is 4.95. The third-order valence-corrected chi connectivity index (χ3v) is 3.73. The molecule has 0 spiro atoms. The maximum atomic E-state index is 11.7. The van der Waals surface area contributed by atoms with E-state index >= 15 is 0 Å². The normalized spacial score (nSPS) is 11.9. The van der Waals surface area contributed by atoms with E-state index in [1.54, 1.807) is 7.05 Å². The Labute approximate surface area is 96.9 Å². The standard InChI is InChI=1S/C10H19N3O2S/c1-3-4-5-6-7-12-16(14,15)10-8-11-13(2)9-10/h8-9,12H,3-7H2,1-2H3. The van der Waals surface area contributed by atoms with Crippen molar-refractivity contribution in [2.45, 2.75) is 37.5 Å². The van der Waals surface area contributed by atoms with Crippen LogP contribution in [0.1, 0.15) is 32.6 Å². The topological polar surface area (TPSA) is 64.0 Å². The molecule has 0 saturated heterocycles. The van der Waals surface area contributed by atoms with Crippen molar-refractivity contribution in [1.82, 2.24) is 14.5 Å². The van der Waals surface area contributed by atoms with E-state index in [0.717, 1.165) is 25.7 Å². The van der Waals surface area contributed by atoms with Crippen LogP contribution >= 0.6 is 0 Å². The lowest BCUT2D eigenvalue weighted by molar-refractivity contribution is 0.573. The highest BCUT2D eigenvalue weighted by atomic mass is 32.2. The second-order valence-electron chi connectivity index (χ2n) is 3.81. The Balaban J connectivity index is 2.41. The first-order valence-corrected chi connectivity index (χ1v) is 7.03. The van der Waals surface area contributed by atoms with Gasteiger partial charge in [-0.1, -0.05) is 26.2 Å². The first kappa shape index (κ1) is 13.2. The van der Waals surface area contributed by atoms with Gasteiger partial charge in [0, 0.05) is 19.8 Å². The summed E-state index contributed by atoms with van der Waals surface area (Å²) in [6, 6.07) is 0. The van der Waals surface area contributed by atoms with Gasteiger partial charge in [0.25, 0.3) is 0 Å². The van der Waals surface area contributed by atoms with Crippen molar-refractivity contribution in [2.75, 3.05) is 6.54 Å². The highest BCUT2D eigenvalue weighted by Gasteiger charge is 2.14. The van der Waals surface area contributed by atoms with Crippen LogP contribution in [0.5, 0.6) is 0 Å². The average Bonchev–Trinajstić information content (AvgIpc) is 2.65. The number of sulfonamides is 1. The lowest BCUT2D eigenvalue weighted by atomic mass is 10.2. The molecule has 0 amide bonds. The molecule has 1 N–H and O–H groups in total. The van der Waals surface area contributed by atoms with Gasteiger partial charge in [-0.25, -0.2) is 13.1 Å². The van der Waals surface area contributed by atoms with Crippen molar-refractivity contribution in [3.63, 3.8) is 0 Å². The van der Waals surface area contributed by atoms with Gasteiger partial charge in [-0.2, -0.15) is 5.10 Å². The summed E-state index contributed by atoms with van der Waals surface area (Å²) in [4.78, 5) is 0.227. The fraction of sp³-hybridized carbons (Fsp3) is 0.700. The summed E-state index contributed by atoms with van der Waals surface area (Å²) in [7, 11) is -1.67. The van der Waals surface area contributed by atoms with Gasteiger partial charge in [-0.15, -0.1) is 0 Å². The van der Waals surface area contributed by atoms with Gasteiger partial charge in [0.2, 0.25) is 10.0 Å². The maximum absolute atomic E-state index is 11.7. The predicted molar refractivity (Wildman–Crippen MR) is 62.5 cm³/mol. The molecule has 0 saturated carbocycles. The lowest BCUT2D eigenvalue weighted by Crippen LogP contribution is -2.24. The lowest BCUT2D eigenvalue weighted by Gasteiger charge is -2.03. The minimum absolute atomic E-state index is 0.227. The van der Waals surface area contributed by atoms with Crippen molar-refractivity contribution >= 4 is 10.0 Å². The molecule has 0 aliphatic heterocycles. The third-order valence-electron chi connectivity index (χ3n) is 2.31. The zero-order valence-corrected chi connectivity index (χ0v) is 10.6. The van der Waals surface area contributed by atoms with Crippen LogP contribution in [0.2, 0.25) is 0 Å². The Morgan fingerprint density at radius 1 is 1.38 bits per heavy atom. The molecular weight excluding hydrogens is 226 g/mol. The first-order chi connectivity index (χ1) is 7.56. The van der Waals surface area contributed by atoms with Crippen molar-refractivity contribution in [1.29, 1.82) is 0 Å². The molecule has 1 aromatic heterocycles. The molecule has 16 heavy (non-hydrogen) atoms. The van der Waals surface area contributed by atoms with Gasteiger partial charge in [0.05, 0.1) is 6.20 Å². The van der Waals surface area contributed by atoms with Crippen LogP contribution < -0.4 is 4.72 Å². The predicted octanol–water partition coefficient (Wildman–Crippen LogP) is 1.28. The summed E-state index contributed by atoms with van der Waals surface area (Å²) < 4.78 is 27.5. The monoisotopic (exact) mass is 245 g/mol. The van der Waals surface area contributed by atoms with E-state index < -0.39 is 10.0 Å². The van der Waals surface area contributed by atoms with Gasteiger partial charge in [0.15, 0.2) is 0 Å². The fourth-order valence-electron chi connectivity index (χ4n) is 1.38. The summed E-state index contributed by atoms with van der Waals surface area (Å²) >= 11 is 0. The summed E-state index contributed by atoms with van der Waals surface area (Å²) in [5.74, 6) is 0. The SMILES string of the molecule is CCCCCCNS(=O)(=O)c1cnn(C)c1. The molecular formula is C10H19N3O2S. The number of aryl methyl sites for hydroxylation is 1. The van der Waals surface area contributed by atoms with Crippen LogP contribution in [0.3, 0.4) is 0 Å². The summed E-state index contributed by atoms with van der Waals surface area (Å²) in [6.07, 6.45) is 7.09. The molecule has 1 heterocycles. The summed E-state index contributed by atoms with van der Waals surface area (Å²) in [5, 5.41) is 3.84. The molecule has 0 unspecified atom stereocenters. The zero-order chi connectivity index (χ0) is 12.0. The van der Waals surface area contributed by atoms with E-state index in [9.17, 15) is 8.42 Å². The molecule has 92 valence electrons. The number of unbranched alkanes of at least 4 members (excludes halogenated alkanes) is 3. The molecule has 5 nitrogen and oxygen atoms in total. The van der Waals surface area contributed by atoms with E-state index in [2.05, 4.69) is 16.7 Å². The van der Waals surface area contributed by atoms with Gasteiger partial charge in [-0.3, -0.25) is 4.68 Å². The van der Waals surface area contributed by atoms with Gasteiger partial charge >= 0.3 is 0 Å².